The second kappa shape index (κ2) is 11.1. The quantitative estimate of drug-likeness (QED) is 0.179. The number of carbonyl (C=O) groups is 1. The molecular weight excluding hydrogens is 583 g/mol. The van der Waals surface area contributed by atoms with Gasteiger partial charge in [0.05, 0.1) is 20.2 Å². The Kier molecular flexibility index (Phi) is 8.39. The third-order valence-electron chi connectivity index (χ3n) is 5.67. The summed E-state index contributed by atoms with van der Waals surface area (Å²) in [6, 6.07) is 14.2. The number of aromatic nitrogens is 4. The number of aryl methyl sites for hydroxylation is 2. The summed E-state index contributed by atoms with van der Waals surface area (Å²) in [6.45, 7) is 5.52. The van der Waals surface area contributed by atoms with E-state index in [1.54, 1.807) is 7.11 Å². The molecule has 0 amide bonds. The fraction of sp³-hybridized carbons (Fsp3) is 0.250. The number of hydrogen-bond acceptors (Lipinski definition) is 7. The highest BCUT2D eigenvalue weighted by atomic mass is 127. The number of nitrogen functional groups attached to an aromatic ring is 2. The van der Waals surface area contributed by atoms with E-state index in [4.69, 9.17) is 32.5 Å². The number of nitrogens with two attached hydrogens (primary N) is 2. The Labute approximate surface area is 225 Å². The van der Waals surface area contributed by atoms with E-state index in [1.165, 1.54) is 0 Å². The first-order valence-corrected chi connectivity index (χ1v) is 11.2. The van der Waals surface area contributed by atoms with Crippen molar-refractivity contribution in [1.29, 1.82) is 0 Å². The van der Waals surface area contributed by atoms with Crippen LogP contribution in [0, 0.1) is 0 Å². The summed E-state index contributed by atoms with van der Waals surface area (Å²) in [7, 11) is 1.65. The van der Waals surface area contributed by atoms with Crippen LogP contribution >= 0.6 is 11.6 Å². The van der Waals surface area contributed by atoms with Crippen LogP contribution in [-0.2, 0) is 24.4 Å². The lowest BCUT2D eigenvalue weighted by atomic mass is 10.0. The molecule has 0 aliphatic rings. The van der Waals surface area contributed by atoms with Gasteiger partial charge in [0.1, 0.15) is 5.75 Å². The molecule has 0 fully saturated rings. The molecule has 0 atom stereocenters. The number of benzene rings is 2. The molecule has 0 saturated heterocycles. The molecule has 0 spiro atoms. The van der Waals surface area contributed by atoms with E-state index in [0.717, 1.165) is 33.7 Å². The van der Waals surface area contributed by atoms with Crippen molar-refractivity contribution in [1.82, 2.24) is 14.5 Å². The number of methoxy groups -OCH3 is 1. The molecule has 0 aliphatic heterocycles. The number of esters is 1. The molecule has 35 heavy (non-hydrogen) atoms. The molecule has 0 aliphatic carbocycles. The summed E-state index contributed by atoms with van der Waals surface area (Å²) in [4.78, 5) is 20.4. The zero-order valence-corrected chi connectivity index (χ0v) is 22.5. The van der Waals surface area contributed by atoms with E-state index in [2.05, 4.69) is 37.3 Å². The van der Waals surface area contributed by atoms with Gasteiger partial charge in [0.25, 0.3) is 5.82 Å². The molecule has 4 rings (SSSR count). The number of rotatable bonds is 7. The second-order valence-corrected chi connectivity index (χ2v) is 7.90. The van der Waals surface area contributed by atoms with Crippen molar-refractivity contribution in [3.05, 3.63) is 59.1 Å². The van der Waals surface area contributed by atoms with Gasteiger partial charge in [0, 0.05) is 0 Å². The molecule has 0 unspecified atom stereocenters. The average Bonchev–Trinajstić information content (AvgIpc) is 3.16. The van der Waals surface area contributed by atoms with Crippen LogP contribution in [0.5, 0.6) is 5.75 Å². The van der Waals surface area contributed by atoms with Crippen molar-refractivity contribution in [2.45, 2.75) is 33.5 Å². The molecule has 4 N–H and O–H groups in total. The number of carbonyl (C=O) groups excluding carboxylic acids is 1. The third-order valence-corrected chi connectivity index (χ3v) is 5.94. The van der Waals surface area contributed by atoms with Crippen LogP contribution in [0.4, 0.5) is 11.6 Å². The summed E-state index contributed by atoms with van der Waals surface area (Å²) >= 11 is 5.90. The number of ether oxygens (including phenoxy) is 2. The van der Waals surface area contributed by atoms with E-state index in [0.29, 0.717) is 13.1 Å². The summed E-state index contributed by atoms with van der Waals surface area (Å²) in [5.41, 5.74) is 15.5. The first-order valence-electron chi connectivity index (χ1n) is 10.8. The average molecular weight is 609 g/mol. The summed E-state index contributed by atoms with van der Waals surface area (Å²) < 4.78 is 15.1. The van der Waals surface area contributed by atoms with Gasteiger partial charge in [-0.2, -0.15) is 0 Å². The smallest absolute Gasteiger partial charge is 0.361 e. The van der Waals surface area contributed by atoms with Gasteiger partial charge in [-0.25, -0.2) is 23.9 Å². The third kappa shape index (κ3) is 5.13. The van der Waals surface area contributed by atoms with Gasteiger partial charge in [-0.3, -0.25) is 0 Å². The molecule has 0 saturated carbocycles. The van der Waals surface area contributed by atoms with Crippen molar-refractivity contribution < 1.29 is 42.8 Å². The van der Waals surface area contributed by atoms with E-state index in [-0.39, 0.29) is 53.1 Å². The fourth-order valence-corrected chi connectivity index (χ4v) is 4.13. The zero-order valence-electron chi connectivity index (χ0n) is 19.6. The number of anilines is 2. The Morgan fingerprint density at radius 2 is 1.74 bits per heavy atom. The minimum absolute atomic E-state index is 0. The maximum absolute atomic E-state index is 12.7. The van der Waals surface area contributed by atoms with Gasteiger partial charge in [0.2, 0.25) is 0 Å². The predicted molar refractivity (Wildman–Crippen MR) is 130 cm³/mol. The van der Waals surface area contributed by atoms with Gasteiger partial charge >= 0.3 is 5.97 Å². The summed E-state index contributed by atoms with van der Waals surface area (Å²) in [5.74, 6) is 0.755. The van der Waals surface area contributed by atoms with Gasteiger partial charge in [-0.05, 0) is 55.3 Å². The highest BCUT2D eigenvalue weighted by Gasteiger charge is 2.26. The molecule has 11 heteroatoms. The zero-order chi connectivity index (χ0) is 24.4. The van der Waals surface area contributed by atoms with Crippen LogP contribution in [0.1, 0.15) is 30.2 Å². The molecule has 9 nitrogen and oxygen atoms in total. The number of nitrogens with zero attached hydrogens (tertiary/aromatic N) is 4. The maximum atomic E-state index is 12.7. The summed E-state index contributed by atoms with van der Waals surface area (Å²) in [5, 5.41) is -0.0986. The normalized spacial score (nSPS) is 10.7. The Morgan fingerprint density at radius 3 is 2.37 bits per heavy atom. The van der Waals surface area contributed by atoms with E-state index < -0.39 is 5.97 Å². The second-order valence-electron chi connectivity index (χ2n) is 7.55. The number of hydrogen-bond donors (Lipinski definition) is 2. The first kappa shape index (κ1) is 26.5. The van der Waals surface area contributed by atoms with Gasteiger partial charge in [-0.15, -0.1) is 0 Å². The predicted octanol–water partition coefficient (Wildman–Crippen LogP) is 0.613. The van der Waals surface area contributed by atoms with Crippen LogP contribution in [-0.4, -0.2) is 27.6 Å². The van der Waals surface area contributed by atoms with E-state index in [1.807, 2.05) is 38.1 Å². The summed E-state index contributed by atoms with van der Waals surface area (Å²) in [6.07, 6.45) is 0. The molecule has 2 aromatic carbocycles. The fourth-order valence-electron chi connectivity index (χ4n) is 4.01. The number of imidazole rings is 1. The van der Waals surface area contributed by atoms with Gasteiger partial charge in [-0.1, -0.05) is 23.7 Å². The van der Waals surface area contributed by atoms with E-state index in [9.17, 15) is 4.79 Å². The van der Waals surface area contributed by atoms with Crippen LogP contribution in [0.25, 0.3) is 22.2 Å². The van der Waals surface area contributed by atoms with Crippen molar-refractivity contribution in [3.8, 4) is 16.9 Å². The van der Waals surface area contributed by atoms with Crippen molar-refractivity contribution in [2.75, 3.05) is 18.6 Å². The topological polar surface area (TPSA) is 122 Å². The monoisotopic (exact) mass is 608 g/mol. The number of halogens is 2. The Morgan fingerprint density at radius 1 is 1.06 bits per heavy atom. The lowest BCUT2D eigenvalue weighted by Gasteiger charge is -2.07. The molecule has 184 valence electrons. The Balaban J connectivity index is 0.00000342. The maximum Gasteiger partial charge on any atom is 0.361 e. The van der Waals surface area contributed by atoms with Crippen LogP contribution in [0.3, 0.4) is 0 Å². The van der Waals surface area contributed by atoms with Crippen LogP contribution < -0.4 is 44.7 Å². The van der Waals surface area contributed by atoms with Crippen molar-refractivity contribution >= 4 is 40.2 Å². The lowest BCUT2D eigenvalue weighted by molar-refractivity contribution is -0.678. The first-order chi connectivity index (χ1) is 16.4. The highest BCUT2D eigenvalue weighted by molar-refractivity contribution is 6.31. The van der Waals surface area contributed by atoms with Crippen molar-refractivity contribution in [3.63, 3.8) is 0 Å². The lowest BCUT2D eigenvalue weighted by Crippen LogP contribution is -3.00. The molecule has 2 aromatic heterocycles. The Bertz CT molecular complexity index is 1370. The van der Waals surface area contributed by atoms with Crippen molar-refractivity contribution in [2.24, 2.45) is 0 Å². The van der Waals surface area contributed by atoms with E-state index >= 15 is 0 Å². The number of fused-ring (bicyclic) bond motifs is 1. The highest BCUT2D eigenvalue weighted by Crippen LogP contribution is 2.27. The van der Waals surface area contributed by atoms with Gasteiger partial charge < -0.3 is 44.9 Å². The largest absolute Gasteiger partial charge is 1.00 e. The molecule has 4 aromatic rings. The van der Waals surface area contributed by atoms with Gasteiger partial charge in [0.15, 0.2) is 40.1 Å². The Hall–Kier alpha value is -3.12. The van der Waals surface area contributed by atoms with Crippen LogP contribution in [0.15, 0.2) is 42.5 Å². The molecule has 0 bridgehead atoms. The molecule has 2 heterocycles. The standard InChI is InChI=1S/C24H25ClN6O3.HI/c1-4-30-17-11-8-15(14-6-9-16(33-3)10-7-14)12-18(17)31(5-2)19(30)13-34-24(32)20-22(26)29-23(27)21(25)28-20;/h6-12H,4-5,13H2,1-3H3,(H3-,26,27,29,32);1H. The molecular formula is C24H26ClIN6O3. The minimum Gasteiger partial charge on any atom is -1.00 e. The minimum atomic E-state index is -0.721. The SMILES string of the molecule is CCn1c(COC(=O)c2nc(Cl)c(N)nc2N)[n+](CC)c2ccc(-c3ccc(OC)cc3)cc21.[I-]. The van der Waals surface area contributed by atoms with Crippen LogP contribution in [0.2, 0.25) is 5.15 Å². The molecule has 0 radical (unpaired) electrons.